The number of carboxylic acid groups (broad SMARTS) is 1. The molecule has 0 radical (unpaired) electrons. The first kappa shape index (κ1) is 17.1. The predicted molar refractivity (Wildman–Crippen MR) is 67.1 cm³/mol. The molecule has 1 aromatic rings. The molecule has 1 aromatic carbocycles. The van der Waals surface area contributed by atoms with E-state index in [1.807, 2.05) is 10.6 Å². The molecule has 4 N–H and O–H groups in total. The summed E-state index contributed by atoms with van der Waals surface area (Å²) in [6.45, 7) is -0.864. The molecule has 0 unspecified atom stereocenters. The molecule has 0 heterocycles. The molecule has 0 saturated heterocycles. The number of amides is 2. The summed E-state index contributed by atoms with van der Waals surface area (Å²) < 4.78 is 37.8. The molecular weight excluding hydrogens is 317 g/mol. The van der Waals surface area contributed by atoms with E-state index in [4.69, 9.17) is 21.8 Å². The van der Waals surface area contributed by atoms with E-state index in [1.54, 1.807) is 0 Å². The quantitative estimate of drug-likeness (QED) is 0.679. The molecule has 10 heteroatoms. The van der Waals surface area contributed by atoms with Crippen molar-refractivity contribution in [2.24, 2.45) is 0 Å². The second-order valence-electron chi connectivity index (χ2n) is 3.86. The van der Waals surface area contributed by atoms with Crippen molar-refractivity contribution in [1.82, 2.24) is 5.32 Å². The van der Waals surface area contributed by atoms with E-state index in [9.17, 15) is 22.8 Å². The number of aliphatic hydroxyl groups excluding tert-OH is 1. The number of hydrogen-bond acceptors (Lipinski definition) is 3. The van der Waals surface area contributed by atoms with Gasteiger partial charge in [-0.1, -0.05) is 11.6 Å². The van der Waals surface area contributed by atoms with Crippen LogP contribution in [0, 0.1) is 0 Å². The van der Waals surface area contributed by atoms with Gasteiger partial charge in [0.1, 0.15) is 0 Å². The summed E-state index contributed by atoms with van der Waals surface area (Å²) in [4.78, 5) is 22.0. The number of carbonyl (C=O) groups is 2. The van der Waals surface area contributed by atoms with Gasteiger partial charge in [-0.15, -0.1) is 0 Å². The van der Waals surface area contributed by atoms with Crippen LogP contribution in [0.5, 0.6) is 0 Å². The molecule has 0 aromatic heterocycles. The van der Waals surface area contributed by atoms with Crippen LogP contribution in [0.25, 0.3) is 0 Å². The van der Waals surface area contributed by atoms with Gasteiger partial charge in [-0.2, -0.15) is 13.2 Å². The number of benzene rings is 1. The number of aliphatic carboxylic acids is 1. The number of urea groups is 1. The first-order valence-corrected chi connectivity index (χ1v) is 5.81. The van der Waals surface area contributed by atoms with Crippen molar-refractivity contribution >= 4 is 29.3 Å². The van der Waals surface area contributed by atoms with Crippen LogP contribution in [0.15, 0.2) is 18.2 Å². The maximum Gasteiger partial charge on any atom is 0.417 e. The molecule has 6 nitrogen and oxygen atoms in total. The number of hydrogen-bond donors (Lipinski definition) is 4. The normalized spacial score (nSPS) is 12.6. The molecule has 1 rings (SSSR count). The highest BCUT2D eigenvalue weighted by atomic mass is 35.5. The van der Waals surface area contributed by atoms with Crippen LogP contribution in [-0.2, 0) is 11.0 Å². The third-order valence-corrected chi connectivity index (χ3v) is 2.65. The number of halogens is 4. The smallest absolute Gasteiger partial charge is 0.417 e. The van der Waals surface area contributed by atoms with Gasteiger partial charge >= 0.3 is 18.2 Å². The van der Waals surface area contributed by atoms with Gasteiger partial charge < -0.3 is 20.8 Å². The molecule has 0 spiro atoms. The van der Waals surface area contributed by atoms with Crippen molar-refractivity contribution < 1.29 is 33.0 Å². The van der Waals surface area contributed by atoms with Crippen molar-refractivity contribution in [2.45, 2.75) is 12.2 Å². The standard InChI is InChI=1S/C11H10ClF3N2O4/c12-7-2-1-5(3-6(7)11(13,14)15)16-10(21)17-8(4-18)9(19)20/h1-3,8,18H,4H2,(H,19,20)(H2,16,17,21)/t8-/m1/s1. The highest BCUT2D eigenvalue weighted by Crippen LogP contribution is 2.36. The molecule has 0 saturated carbocycles. The van der Waals surface area contributed by atoms with E-state index in [0.29, 0.717) is 6.07 Å². The van der Waals surface area contributed by atoms with Gasteiger partial charge in [-0.25, -0.2) is 9.59 Å². The van der Waals surface area contributed by atoms with E-state index in [-0.39, 0.29) is 5.69 Å². The van der Waals surface area contributed by atoms with Crippen molar-refractivity contribution in [1.29, 1.82) is 0 Å². The van der Waals surface area contributed by atoms with Crippen LogP contribution < -0.4 is 10.6 Å². The second-order valence-corrected chi connectivity index (χ2v) is 4.27. The summed E-state index contributed by atoms with van der Waals surface area (Å²) in [7, 11) is 0. The Hall–Kier alpha value is -2.00. The Labute approximate surface area is 121 Å². The zero-order valence-electron chi connectivity index (χ0n) is 10.2. The SMILES string of the molecule is O=C(Nc1ccc(Cl)c(C(F)(F)F)c1)N[C@H](CO)C(=O)O. The van der Waals surface area contributed by atoms with Gasteiger partial charge in [0.15, 0.2) is 6.04 Å². The average Bonchev–Trinajstić information content (AvgIpc) is 2.36. The van der Waals surface area contributed by atoms with Crippen molar-refractivity contribution in [3.05, 3.63) is 28.8 Å². The zero-order valence-corrected chi connectivity index (χ0v) is 11.0. The minimum absolute atomic E-state index is 0.230. The number of alkyl halides is 3. The number of aliphatic hydroxyl groups is 1. The topological polar surface area (TPSA) is 98.7 Å². The molecule has 0 aliphatic carbocycles. The summed E-state index contributed by atoms with van der Waals surface area (Å²) in [5.41, 5.74) is -1.37. The Bertz CT molecular complexity index is 551. The molecule has 116 valence electrons. The van der Waals surface area contributed by atoms with Crippen LogP contribution in [0.2, 0.25) is 5.02 Å². The van der Waals surface area contributed by atoms with Crippen LogP contribution in [0.1, 0.15) is 5.56 Å². The maximum absolute atomic E-state index is 12.6. The molecular formula is C11H10ClF3N2O4. The molecule has 1 atom stereocenters. The van der Waals surface area contributed by atoms with Crippen LogP contribution >= 0.6 is 11.6 Å². The molecule has 2 amide bonds. The number of rotatable bonds is 4. The Morgan fingerprint density at radius 2 is 1.95 bits per heavy atom. The van der Waals surface area contributed by atoms with Crippen LogP contribution in [-0.4, -0.2) is 34.9 Å². The van der Waals surface area contributed by atoms with Crippen LogP contribution in [0.4, 0.5) is 23.7 Å². The predicted octanol–water partition coefficient (Wildman–Crippen LogP) is 1.93. The summed E-state index contributed by atoms with van der Waals surface area (Å²) in [6.07, 6.45) is -4.69. The molecule has 0 bridgehead atoms. The average molecular weight is 327 g/mol. The molecule has 0 fully saturated rings. The number of nitrogens with one attached hydrogen (secondary N) is 2. The van der Waals surface area contributed by atoms with E-state index in [2.05, 4.69) is 0 Å². The van der Waals surface area contributed by atoms with Crippen molar-refractivity contribution in [3.8, 4) is 0 Å². The van der Waals surface area contributed by atoms with Gasteiger partial charge in [0.2, 0.25) is 0 Å². The third kappa shape index (κ3) is 4.80. The van der Waals surface area contributed by atoms with E-state index in [0.717, 1.165) is 12.1 Å². The van der Waals surface area contributed by atoms with E-state index in [1.165, 1.54) is 0 Å². The van der Waals surface area contributed by atoms with E-state index >= 15 is 0 Å². The lowest BCUT2D eigenvalue weighted by atomic mass is 10.2. The summed E-state index contributed by atoms with van der Waals surface area (Å²) >= 11 is 5.41. The Kier molecular flexibility index (Phi) is 5.39. The van der Waals surface area contributed by atoms with Crippen LogP contribution in [0.3, 0.4) is 0 Å². The summed E-state index contributed by atoms with van der Waals surface area (Å²) in [6, 6.07) is 0.0229. The lowest BCUT2D eigenvalue weighted by molar-refractivity contribution is -0.140. The Morgan fingerprint density at radius 3 is 2.43 bits per heavy atom. The van der Waals surface area contributed by atoms with Gasteiger partial charge in [-0.05, 0) is 18.2 Å². The zero-order chi connectivity index (χ0) is 16.2. The summed E-state index contributed by atoms with van der Waals surface area (Å²) in [5.74, 6) is -1.49. The second kappa shape index (κ2) is 6.64. The number of anilines is 1. The fraction of sp³-hybridized carbons (Fsp3) is 0.273. The minimum Gasteiger partial charge on any atom is -0.480 e. The fourth-order valence-electron chi connectivity index (χ4n) is 1.33. The third-order valence-electron chi connectivity index (χ3n) is 2.32. The van der Waals surface area contributed by atoms with Gasteiger partial charge in [0.05, 0.1) is 17.2 Å². The monoisotopic (exact) mass is 326 g/mol. The highest BCUT2D eigenvalue weighted by Gasteiger charge is 2.33. The first-order valence-electron chi connectivity index (χ1n) is 5.43. The first-order chi connectivity index (χ1) is 9.65. The van der Waals surface area contributed by atoms with Gasteiger partial charge in [-0.3, -0.25) is 0 Å². The number of carbonyl (C=O) groups excluding carboxylic acids is 1. The summed E-state index contributed by atoms with van der Waals surface area (Å²) in [5, 5.41) is 20.7. The highest BCUT2D eigenvalue weighted by molar-refractivity contribution is 6.31. The Morgan fingerprint density at radius 1 is 1.33 bits per heavy atom. The molecule has 0 aliphatic rings. The number of carboxylic acids is 1. The molecule has 21 heavy (non-hydrogen) atoms. The lowest BCUT2D eigenvalue weighted by Crippen LogP contribution is -2.45. The van der Waals surface area contributed by atoms with Gasteiger partial charge in [0.25, 0.3) is 0 Å². The maximum atomic E-state index is 12.6. The minimum atomic E-state index is -4.69. The lowest BCUT2D eigenvalue weighted by Gasteiger charge is -2.14. The molecule has 0 aliphatic heterocycles. The van der Waals surface area contributed by atoms with E-state index < -0.39 is 41.4 Å². The largest absolute Gasteiger partial charge is 0.480 e. The Balaban J connectivity index is 2.84. The van der Waals surface area contributed by atoms with Gasteiger partial charge in [0, 0.05) is 5.69 Å². The fourth-order valence-corrected chi connectivity index (χ4v) is 1.56. The van der Waals surface area contributed by atoms with Crippen molar-refractivity contribution in [2.75, 3.05) is 11.9 Å². The van der Waals surface area contributed by atoms with Crippen molar-refractivity contribution in [3.63, 3.8) is 0 Å².